The molecule has 0 spiro atoms. The van der Waals surface area contributed by atoms with Crippen LogP contribution in [0, 0.1) is 0 Å². The van der Waals surface area contributed by atoms with Gasteiger partial charge in [0.1, 0.15) is 42.7 Å². The Morgan fingerprint density at radius 3 is 2.24 bits per heavy atom. The van der Waals surface area contributed by atoms with Crippen LogP contribution in [0.3, 0.4) is 0 Å². The zero-order chi connectivity index (χ0) is 18.9. The Morgan fingerprint density at radius 2 is 1.68 bits per heavy atom. The maximum atomic E-state index is 11.2. The fourth-order valence-electron chi connectivity index (χ4n) is 2.92. The van der Waals surface area contributed by atoms with E-state index in [1.807, 2.05) is 0 Å². The van der Waals surface area contributed by atoms with Crippen molar-refractivity contribution in [2.24, 2.45) is 0 Å². The third-order valence-electron chi connectivity index (χ3n) is 4.34. The molecule has 0 aromatic carbocycles. The standard InChI is InChI=1S/C14H25NO10/c1-4-8(18)10(20)11(21)14(23-4)25-12-6(3-16)24-13(22)7(9(12)19)15-5(2)17/h4,6-14,16,18-22H,3H2,1-2H3,(H,15,17)/t4-,6+,7-,8+,9+,10+,11+,12-,13+,14+/m1/s1. The van der Waals surface area contributed by atoms with Crippen molar-refractivity contribution in [2.75, 3.05) is 6.61 Å². The molecule has 0 aliphatic carbocycles. The molecule has 2 aliphatic rings. The van der Waals surface area contributed by atoms with Gasteiger partial charge in [-0.1, -0.05) is 0 Å². The van der Waals surface area contributed by atoms with Crippen LogP contribution in [0.5, 0.6) is 0 Å². The molecule has 1 amide bonds. The number of aliphatic hydroxyl groups excluding tert-OH is 6. The maximum absolute atomic E-state index is 11.2. The quantitative estimate of drug-likeness (QED) is 0.257. The van der Waals surface area contributed by atoms with Crippen LogP contribution in [0.4, 0.5) is 0 Å². The molecule has 2 rings (SSSR count). The average molecular weight is 367 g/mol. The lowest BCUT2D eigenvalue weighted by Gasteiger charge is -2.46. The van der Waals surface area contributed by atoms with Gasteiger partial charge in [0.2, 0.25) is 5.91 Å². The van der Waals surface area contributed by atoms with Crippen molar-refractivity contribution in [3.8, 4) is 0 Å². The summed E-state index contributed by atoms with van der Waals surface area (Å²) in [6, 6.07) is -1.24. The van der Waals surface area contributed by atoms with Gasteiger partial charge in [0.25, 0.3) is 0 Å². The Kier molecular flexibility index (Phi) is 6.70. The fraction of sp³-hybridized carbons (Fsp3) is 0.929. The zero-order valence-corrected chi connectivity index (χ0v) is 13.8. The van der Waals surface area contributed by atoms with Crippen molar-refractivity contribution in [3.05, 3.63) is 0 Å². The molecule has 0 radical (unpaired) electrons. The molecule has 11 nitrogen and oxygen atoms in total. The number of rotatable bonds is 4. The van der Waals surface area contributed by atoms with Gasteiger partial charge in [0.05, 0.1) is 12.7 Å². The molecule has 25 heavy (non-hydrogen) atoms. The summed E-state index contributed by atoms with van der Waals surface area (Å²) in [5, 5.41) is 61.5. The first kappa shape index (κ1) is 20.4. The summed E-state index contributed by atoms with van der Waals surface area (Å²) in [6.45, 7) is 2.01. The van der Waals surface area contributed by atoms with Gasteiger partial charge in [-0.3, -0.25) is 4.79 Å². The van der Waals surface area contributed by atoms with E-state index < -0.39 is 73.9 Å². The van der Waals surface area contributed by atoms with E-state index in [0.29, 0.717) is 0 Å². The lowest BCUT2D eigenvalue weighted by Crippen LogP contribution is -2.66. The topological polar surface area (TPSA) is 178 Å². The summed E-state index contributed by atoms with van der Waals surface area (Å²) in [4.78, 5) is 11.2. The van der Waals surface area contributed by atoms with Crippen LogP contribution < -0.4 is 5.32 Å². The van der Waals surface area contributed by atoms with E-state index in [4.69, 9.17) is 14.2 Å². The first-order valence-electron chi connectivity index (χ1n) is 7.92. The maximum Gasteiger partial charge on any atom is 0.217 e. The molecule has 2 heterocycles. The van der Waals surface area contributed by atoms with Crippen LogP contribution in [0.2, 0.25) is 0 Å². The Morgan fingerprint density at radius 1 is 1.04 bits per heavy atom. The van der Waals surface area contributed by atoms with Crippen LogP contribution in [0.25, 0.3) is 0 Å². The van der Waals surface area contributed by atoms with E-state index in [-0.39, 0.29) is 0 Å². The number of amides is 1. The van der Waals surface area contributed by atoms with E-state index in [1.165, 1.54) is 13.8 Å². The number of hydrogen-bond acceptors (Lipinski definition) is 10. The average Bonchev–Trinajstić information content (AvgIpc) is 2.56. The van der Waals surface area contributed by atoms with Gasteiger partial charge in [-0.05, 0) is 6.92 Å². The molecule has 0 aromatic heterocycles. The summed E-state index contributed by atoms with van der Waals surface area (Å²) in [5.41, 5.74) is 0. The van der Waals surface area contributed by atoms with Crippen molar-refractivity contribution >= 4 is 5.91 Å². The van der Waals surface area contributed by atoms with Gasteiger partial charge >= 0.3 is 0 Å². The first-order valence-corrected chi connectivity index (χ1v) is 7.92. The predicted molar refractivity (Wildman–Crippen MR) is 78.8 cm³/mol. The van der Waals surface area contributed by atoms with Gasteiger partial charge in [-0.25, -0.2) is 0 Å². The van der Waals surface area contributed by atoms with E-state index in [2.05, 4.69) is 5.32 Å². The highest BCUT2D eigenvalue weighted by Crippen LogP contribution is 2.28. The van der Waals surface area contributed by atoms with Crippen LogP contribution in [-0.2, 0) is 19.0 Å². The Labute approximate surface area is 143 Å². The summed E-state index contributed by atoms with van der Waals surface area (Å²) >= 11 is 0. The summed E-state index contributed by atoms with van der Waals surface area (Å²) in [5.74, 6) is -0.533. The van der Waals surface area contributed by atoms with Crippen LogP contribution in [-0.4, -0.2) is 105 Å². The normalized spacial score (nSPS) is 48.2. The van der Waals surface area contributed by atoms with E-state index in [0.717, 1.165) is 0 Å². The molecule has 7 N–H and O–H groups in total. The number of carbonyl (C=O) groups excluding carboxylic acids is 1. The number of hydrogen-bond donors (Lipinski definition) is 7. The van der Waals surface area contributed by atoms with Crippen LogP contribution in [0.15, 0.2) is 0 Å². The second-order valence-corrected chi connectivity index (χ2v) is 6.25. The van der Waals surface area contributed by atoms with Crippen molar-refractivity contribution in [1.29, 1.82) is 0 Å². The first-order chi connectivity index (χ1) is 11.7. The van der Waals surface area contributed by atoms with E-state index in [9.17, 15) is 35.4 Å². The molecule has 2 fully saturated rings. The number of carbonyl (C=O) groups is 1. The molecule has 146 valence electrons. The lowest BCUT2D eigenvalue weighted by atomic mass is 9.95. The largest absolute Gasteiger partial charge is 0.394 e. The fourth-order valence-corrected chi connectivity index (χ4v) is 2.92. The molecule has 0 bridgehead atoms. The predicted octanol–water partition coefficient (Wildman–Crippen LogP) is -4.23. The molecule has 2 saturated heterocycles. The highest BCUT2D eigenvalue weighted by atomic mass is 16.7. The zero-order valence-electron chi connectivity index (χ0n) is 13.8. The van der Waals surface area contributed by atoms with Crippen molar-refractivity contribution in [2.45, 2.75) is 75.2 Å². The van der Waals surface area contributed by atoms with Crippen molar-refractivity contribution in [1.82, 2.24) is 5.32 Å². The minimum Gasteiger partial charge on any atom is -0.394 e. The van der Waals surface area contributed by atoms with Crippen LogP contribution >= 0.6 is 0 Å². The Hall–Kier alpha value is -0.890. The molecule has 2 aliphatic heterocycles. The van der Waals surface area contributed by atoms with Gasteiger partial charge in [-0.2, -0.15) is 0 Å². The molecule has 0 saturated carbocycles. The van der Waals surface area contributed by atoms with E-state index in [1.54, 1.807) is 0 Å². The molecule has 11 heteroatoms. The van der Waals surface area contributed by atoms with Gasteiger partial charge in [-0.15, -0.1) is 0 Å². The van der Waals surface area contributed by atoms with Crippen molar-refractivity contribution in [3.63, 3.8) is 0 Å². The minimum atomic E-state index is -1.62. The second-order valence-electron chi connectivity index (χ2n) is 6.25. The van der Waals surface area contributed by atoms with Gasteiger partial charge in [0, 0.05) is 6.92 Å². The number of ether oxygens (including phenoxy) is 3. The number of aliphatic hydroxyl groups is 6. The minimum absolute atomic E-state index is 0.533. The molecular weight excluding hydrogens is 342 g/mol. The number of nitrogens with one attached hydrogen (secondary N) is 1. The summed E-state index contributed by atoms with van der Waals surface area (Å²) in [7, 11) is 0. The second kappa shape index (κ2) is 8.20. The molecule has 10 atom stereocenters. The lowest BCUT2D eigenvalue weighted by molar-refractivity contribution is -0.341. The highest BCUT2D eigenvalue weighted by Gasteiger charge is 2.50. The van der Waals surface area contributed by atoms with E-state index >= 15 is 0 Å². The molecule has 0 unspecified atom stereocenters. The monoisotopic (exact) mass is 367 g/mol. The summed E-state index contributed by atoms with van der Waals surface area (Å²) in [6.07, 6.45) is -12.3. The third-order valence-corrected chi connectivity index (χ3v) is 4.34. The molecule has 0 aromatic rings. The van der Waals surface area contributed by atoms with Gasteiger partial charge in [0.15, 0.2) is 12.6 Å². The summed E-state index contributed by atoms with van der Waals surface area (Å²) < 4.78 is 15.9. The van der Waals surface area contributed by atoms with Gasteiger partial charge < -0.3 is 50.2 Å². The smallest absolute Gasteiger partial charge is 0.217 e. The molecular formula is C14H25NO10. The SMILES string of the molecule is CC(=O)N[C@@H]1[C@H](O)[C@H](O[C@@H]2O[C@H](C)[C@H](O)[C@H](O)[C@@H]2O)[C@H](CO)O[C@@H]1O. The Bertz CT molecular complexity index is 465. The Balaban J connectivity index is 2.15. The van der Waals surface area contributed by atoms with Crippen molar-refractivity contribution < 1.29 is 49.6 Å². The highest BCUT2D eigenvalue weighted by molar-refractivity contribution is 5.73. The third kappa shape index (κ3) is 4.27. The van der Waals surface area contributed by atoms with Crippen LogP contribution in [0.1, 0.15) is 13.8 Å².